The van der Waals surface area contributed by atoms with E-state index < -0.39 is 12.1 Å². The molecule has 0 bridgehead atoms. The lowest BCUT2D eigenvalue weighted by molar-refractivity contribution is -0.153. The lowest BCUT2D eigenvalue weighted by atomic mass is 9.99. The number of ether oxygens (including phenoxy) is 3. The van der Waals surface area contributed by atoms with Crippen LogP contribution in [0.2, 0.25) is 0 Å². The summed E-state index contributed by atoms with van der Waals surface area (Å²) >= 11 is 0. The first-order chi connectivity index (χ1) is 27.4. The van der Waals surface area contributed by atoms with Gasteiger partial charge in [-0.3, -0.25) is 19.3 Å². The monoisotopic (exact) mass is 794 g/mol. The number of nitrogens with zero attached hydrogens (tertiary/aromatic N) is 1. The molecule has 0 amide bonds. The van der Waals surface area contributed by atoms with Gasteiger partial charge in [-0.25, -0.2) is 0 Å². The molecule has 1 aliphatic heterocycles. The van der Waals surface area contributed by atoms with Gasteiger partial charge in [0.15, 0.2) is 0 Å². The summed E-state index contributed by atoms with van der Waals surface area (Å²) in [5.74, 6) is -0.374. The number of hydrogen-bond donors (Lipinski definition) is 1. The third kappa shape index (κ3) is 31.3. The molecule has 0 aliphatic carbocycles. The van der Waals surface area contributed by atoms with E-state index in [9.17, 15) is 19.5 Å². The molecule has 8 heteroatoms. The van der Waals surface area contributed by atoms with Crippen molar-refractivity contribution in [2.24, 2.45) is 0 Å². The topological polar surface area (TPSA) is 102 Å². The van der Waals surface area contributed by atoms with E-state index in [2.05, 4.69) is 25.7 Å². The zero-order valence-corrected chi connectivity index (χ0v) is 37.2. The lowest BCUT2D eigenvalue weighted by Gasteiger charge is -2.36. The van der Waals surface area contributed by atoms with Crippen molar-refractivity contribution in [2.45, 2.75) is 264 Å². The SMILES string of the molecule is CCCCCCCCCCCOC(=O)CCCCCN1CC[C@H](O)C[C@H]1C(=O)OCCCCCCCC(=O)OC(CCCCCCCC)CCCCCCCC. The van der Waals surface area contributed by atoms with Gasteiger partial charge in [0.05, 0.1) is 19.3 Å². The van der Waals surface area contributed by atoms with Crippen LogP contribution in [0.1, 0.15) is 245 Å². The summed E-state index contributed by atoms with van der Waals surface area (Å²) in [6.07, 6.45) is 37.2. The molecule has 0 aromatic carbocycles. The van der Waals surface area contributed by atoms with E-state index in [1.807, 2.05) is 0 Å². The van der Waals surface area contributed by atoms with Gasteiger partial charge in [0, 0.05) is 19.4 Å². The highest BCUT2D eigenvalue weighted by Crippen LogP contribution is 2.21. The maximum atomic E-state index is 13.0. The van der Waals surface area contributed by atoms with Crippen LogP contribution in [0.5, 0.6) is 0 Å². The van der Waals surface area contributed by atoms with Crippen molar-refractivity contribution in [1.82, 2.24) is 4.90 Å². The Morgan fingerprint density at radius 1 is 0.536 bits per heavy atom. The Labute approximate surface area is 345 Å². The first-order valence-electron chi connectivity index (χ1n) is 24.3. The molecule has 8 nitrogen and oxygen atoms in total. The number of aliphatic hydroxyl groups is 1. The maximum Gasteiger partial charge on any atom is 0.323 e. The third-order valence-electron chi connectivity index (χ3n) is 11.6. The van der Waals surface area contributed by atoms with Gasteiger partial charge in [-0.15, -0.1) is 0 Å². The number of aliphatic hydroxyl groups excluding tert-OH is 1. The van der Waals surface area contributed by atoms with E-state index in [1.54, 1.807) is 0 Å². The Bertz CT molecular complexity index is 898. The summed E-state index contributed by atoms with van der Waals surface area (Å²) in [6.45, 7) is 9.11. The molecular weight excluding hydrogens is 703 g/mol. The van der Waals surface area contributed by atoms with Crippen molar-refractivity contribution in [1.29, 1.82) is 0 Å². The fourth-order valence-electron chi connectivity index (χ4n) is 7.92. The van der Waals surface area contributed by atoms with Crippen LogP contribution in [0.25, 0.3) is 0 Å². The predicted octanol–water partition coefficient (Wildman–Crippen LogP) is 12.7. The second-order valence-corrected chi connectivity index (χ2v) is 17.0. The molecule has 0 aromatic rings. The maximum absolute atomic E-state index is 13.0. The van der Waals surface area contributed by atoms with Gasteiger partial charge in [0.1, 0.15) is 12.1 Å². The molecule has 2 atom stereocenters. The third-order valence-corrected chi connectivity index (χ3v) is 11.6. The van der Waals surface area contributed by atoms with Gasteiger partial charge in [0.2, 0.25) is 0 Å². The Morgan fingerprint density at radius 3 is 1.50 bits per heavy atom. The highest BCUT2D eigenvalue weighted by atomic mass is 16.5. The minimum atomic E-state index is -0.475. The number of carbonyl (C=O) groups is 3. The van der Waals surface area contributed by atoms with Gasteiger partial charge >= 0.3 is 17.9 Å². The standard InChI is InChI=1S/C48H91NO7/c1-4-7-10-13-16-17-18-23-31-40-54-46(51)35-29-25-30-38-49-39-37-43(50)42-45(49)48(53)55-41-32-24-19-22-28-36-47(52)56-44(33-26-20-14-11-8-5-2)34-27-21-15-12-9-6-3/h43-45,50H,4-42H2,1-3H3/t43-,45-/m0/s1. The van der Waals surface area contributed by atoms with Crippen LogP contribution in [-0.4, -0.2) is 72.5 Å². The number of esters is 3. The van der Waals surface area contributed by atoms with Gasteiger partial charge in [-0.1, -0.05) is 162 Å². The molecule has 330 valence electrons. The summed E-state index contributed by atoms with van der Waals surface area (Å²) in [7, 11) is 0. The summed E-state index contributed by atoms with van der Waals surface area (Å²) in [5.41, 5.74) is 0. The second-order valence-electron chi connectivity index (χ2n) is 17.0. The smallest absolute Gasteiger partial charge is 0.323 e. The number of carbonyl (C=O) groups excluding carboxylic acids is 3. The Morgan fingerprint density at radius 2 is 0.964 bits per heavy atom. The van der Waals surface area contributed by atoms with Crippen LogP contribution < -0.4 is 0 Å². The van der Waals surface area contributed by atoms with Gasteiger partial charge < -0.3 is 19.3 Å². The predicted molar refractivity (Wildman–Crippen MR) is 232 cm³/mol. The molecular formula is C48H91NO7. The minimum absolute atomic E-state index is 0.0396. The molecule has 56 heavy (non-hydrogen) atoms. The zero-order chi connectivity index (χ0) is 40.7. The molecule has 0 radical (unpaired) electrons. The van der Waals surface area contributed by atoms with Crippen LogP contribution in [-0.2, 0) is 28.6 Å². The molecule has 1 aliphatic rings. The number of rotatable bonds is 40. The highest BCUT2D eigenvalue weighted by molar-refractivity contribution is 5.76. The molecule has 0 saturated carbocycles. The van der Waals surface area contributed by atoms with E-state index in [0.717, 1.165) is 96.4 Å². The number of piperidine rings is 1. The Kier molecular flexibility index (Phi) is 36.3. The molecule has 1 N–H and O–H groups in total. The summed E-state index contributed by atoms with van der Waals surface area (Å²) in [4.78, 5) is 40.1. The van der Waals surface area contributed by atoms with Gasteiger partial charge in [-0.05, 0) is 77.2 Å². The van der Waals surface area contributed by atoms with Crippen LogP contribution in [0.15, 0.2) is 0 Å². The normalized spacial score (nSPS) is 16.0. The van der Waals surface area contributed by atoms with Crippen molar-refractivity contribution in [3.05, 3.63) is 0 Å². The fraction of sp³-hybridized carbons (Fsp3) is 0.938. The minimum Gasteiger partial charge on any atom is -0.466 e. The van der Waals surface area contributed by atoms with Crippen molar-refractivity contribution in [3.63, 3.8) is 0 Å². The molecule has 0 aromatic heterocycles. The first kappa shape index (κ1) is 52.3. The molecule has 0 unspecified atom stereocenters. The van der Waals surface area contributed by atoms with Crippen molar-refractivity contribution in [3.8, 4) is 0 Å². The molecule has 1 rings (SSSR count). The number of hydrogen-bond acceptors (Lipinski definition) is 8. The zero-order valence-electron chi connectivity index (χ0n) is 37.2. The van der Waals surface area contributed by atoms with E-state index in [0.29, 0.717) is 45.4 Å². The summed E-state index contributed by atoms with van der Waals surface area (Å²) < 4.78 is 17.1. The fourth-order valence-corrected chi connectivity index (χ4v) is 7.92. The molecule has 1 saturated heterocycles. The average Bonchev–Trinajstić information content (AvgIpc) is 3.19. The van der Waals surface area contributed by atoms with Crippen LogP contribution in [0.4, 0.5) is 0 Å². The van der Waals surface area contributed by atoms with Crippen LogP contribution >= 0.6 is 0 Å². The van der Waals surface area contributed by atoms with Crippen molar-refractivity contribution < 1.29 is 33.7 Å². The lowest BCUT2D eigenvalue weighted by Crippen LogP contribution is -2.49. The van der Waals surface area contributed by atoms with Crippen molar-refractivity contribution in [2.75, 3.05) is 26.3 Å². The highest BCUT2D eigenvalue weighted by Gasteiger charge is 2.33. The van der Waals surface area contributed by atoms with E-state index in [4.69, 9.17) is 14.2 Å². The first-order valence-corrected chi connectivity index (χ1v) is 24.3. The molecule has 1 heterocycles. The molecule has 1 fully saturated rings. The van der Waals surface area contributed by atoms with Gasteiger partial charge in [-0.2, -0.15) is 0 Å². The Hall–Kier alpha value is -1.67. The second kappa shape index (κ2) is 38.8. The van der Waals surface area contributed by atoms with E-state index >= 15 is 0 Å². The largest absolute Gasteiger partial charge is 0.466 e. The summed E-state index contributed by atoms with van der Waals surface area (Å²) in [6, 6.07) is -0.406. The molecule has 0 spiro atoms. The van der Waals surface area contributed by atoms with Crippen molar-refractivity contribution >= 4 is 17.9 Å². The van der Waals surface area contributed by atoms with E-state index in [-0.39, 0.29) is 24.0 Å². The van der Waals surface area contributed by atoms with Crippen LogP contribution in [0, 0.1) is 0 Å². The van der Waals surface area contributed by atoms with Gasteiger partial charge in [0.25, 0.3) is 0 Å². The quantitative estimate of drug-likeness (QED) is 0.0372. The van der Waals surface area contributed by atoms with E-state index in [1.165, 1.54) is 109 Å². The number of unbranched alkanes of at least 4 members (excludes halogenated alkanes) is 24. The number of likely N-dealkylation sites (tertiary alicyclic amines) is 1. The Balaban J connectivity index is 2.18. The average molecular weight is 794 g/mol. The van der Waals surface area contributed by atoms with Crippen LogP contribution in [0.3, 0.4) is 0 Å². The summed E-state index contributed by atoms with van der Waals surface area (Å²) in [5, 5.41) is 10.3.